The van der Waals surface area contributed by atoms with Gasteiger partial charge in [-0.05, 0) is 24.6 Å². The monoisotopic (exact) mass is 313 g/mol. The van der Waals surface area contributed by atoms with Gasteiger partial charge < -0.3 is 11.5 Å². The normalized spacial score (nSPS) is 10.8. The lowest BCUT2D eigenvalue weighted by Gasteiger charge is -2.21. The predicted octanol–water partition coefficient (Wildman–Crippen LogP) is 2.06. The zero-order valence-electron chi connectivity index (χ0n) is 11.6. The van der Waals surface area contributed by atoms with E-state index in [1.807, 2.05) is 17.0 Å². The van der Waals surface area contributed by atoms with Crippen LogP contribution >= 0.6 is 23.8 Å². The van der Waals surface area contributed by atoms with Crippen LogP contribution in [0, 0.1) is 0 Å². The predicted molar refractivity (Wildman–Crippen MR) is 86.7 cm³/mol. The van der Waals surface area contributed by atoms with Crippen LogP contribution in [0.5, 0.6) is 0 Å². The van der Waals surface area contributed by atoms with Gasteiger partial charge in [-0.15, -0.1) is 0 Å². The third-order valence-electron chi connectivity index (χ3n) is 2.94. The molecule has 0 bridgehead atoms. The third-order valence-corrected chi connectivity index (χ3v) is 3.53. The minimum absolute atomic E-state index is 0.230. The summed E-state index contributed by atoms with van der Waals surface area (Å²) in [6, 6.07) is 5.48. The molecule has 0 radical (unpaired) electrons. The summed E-state index contributed by atoms with van der Waals surface area (Å²) in [6.45, 7) is 3.73. The fraction of sp³-hybridized carbons (Fsp3) is 0.429. The van der Waals surface area contributed by atoms with Gasteiger partial charge >= 0.3 is 0 Å². The number of nitrogens with two attached hydrogens (primary N) is 2. The van der Waals surface area contributed by atoms with E-state index in [-0.39, 0.29) is 12.5 Å². The number of benzene rings is 1. The van der Waals surface area contributed by atoms with E-state index in [1.165, 1.54) is 0 Å². The molecule has 0 atom stereocenters. The Labute approximate surface area is 130 Å². The molecule has 20 heavy (non-hydrogen) atoms. The zero-order chi connectivity index (χ0) is 15.1. The van der Waals surface area contributed by atoms with Crippen LogP contribution in [0.4, 0.5) is 0 Å². The molecule has 0 aliphatic rings. The molecule has 0 unspecified atom stereocenters. The van der Waals surface area contributed by atoms with Gasteiger partial charge in [0.15, 0.2) is 0 Å². The SMILES string of the molecule is CCCCN(CC(N)=O)Cc1ccc(C(N)=S)cc1Cl. The number of amides is 1. The van der Waals surface area contributed by atoms with E-state index in [2.05, 4.69) is 6.92 Å². The Balaban J connectivity index is 2.81. The van der Waals surface area contributed by atoms with Crippen LogP contribution in [-0.2, 0) is 11.3 Å². The van der Waals surface area contributed by atoms with Crippen LogP contribution in [0.3, 0.4) is 0 Å². The fourth-order valence-corrected chi connectivity index (χ4v) is 2.25. The summed E-state index contributed by atoms with van der Waals surface area (Å²) in [5.41, 5.74) is 12.5. The zero-order valence-corrected chi connectivity index (χ0v) is 13.1. The third kappa shape index (κ3) is 5.45. The largest absolute Gasteiger partial charge is 0.389 e. The minimum Gasteiger partial charge on any atom is -0.389 e. The Morgan fingerprint density at radius 2 is 2.10 bits per heavy atom. The average Bonchev–Trinajstić information content (AvgIpc) is 2.37. The highest BCUT2D eigenvalue weighted by molar-refractivity contribution is 7.80. The number of carbonyl (C=O) groups is 1. The van der Waals surface area contributed by atoms with Gasteiger partial charge in [0.05, 0.1) is 6.54 Å². The van der Waals surface area contributed by atoms with Crippen LogP contribution in [0.2, 0.25) is 5.02 Å². The number of rotatable bonds is 8. The molecule has 110 valence electrons. The van der Waals surface area contributed by atoms with Gasteiger partial charge in [-0.3, -0.25) is 9.69 Å². The van der Waals surface area contributed by atoms with E-state index < -0.39 is 0 Å². The summed E-state index contributed by atoms with van der Waals surface area (Å²) < 4.78 is 0. The second kappa shape index (κ2) is 8.19. The highest BCUT2D eigenvalue weighted by Gasteiger charge is 2.11. The fourth-order valence-electron chi connectivity index (χ4n) is 1.89. The van der Waals surface area contributed by atoms with Crippen molar-refractivity contribution in [2.45, 2.75) is 26.3 Å². The Bertz CT molecular complexity index is 493. The van der Waals surface area contributed by atoms with Gasteiger partial charge in [-0.2, -0.15) is 0 Å². The van der Waals surface area contributed by atoms with Gasteiger partial charge in [0.25, 0.3) is 0 Å². The molecule has 1 aromatic carbocycles. The molecule has 0 aliphatic carbocycles. The van der Waals surface area contributed by atoms with E-state index in [1.54, 1.807) is 6.07 Å². The summed E-state index contributed by atoms with van der Waals surface area (Å²) in [4.78, 5) is 13.4. The van der Waals surface area contributed by atoms with Crippen LogP contribution in [0.15, 0.2) is 18.2 Å². The second-order valence-corrected chi connectivity index (χ2v) is 5.55. The summed E-state index contributed by atoms with van der Waals surface area (Å²) in [5, 5.41) is 0.598. The van der Waals surface area contributed by atoms with Crippen LogP contribution in [0.25, 0.3) is 0 Å². The lowest BCUT2D eigenvalue weighted by molar-refractivity contribution is -0.119. The lowest BCUT2D eigenvalue weighted by atomic mass is 10.1. The molecule has 6 heteroatoms. The molecule has 4 N–H and O–H groups in total. The number of thiocarbonyl (C=S) groups is 1. The molecule has 1 aromatic rings. The van der Waals surface area contributed by atoms with Crippen molar-refractivity contribution in [2.75, 3.05) is 13.1 Å². The first-order valence-electron chi connectivity index (χ1n) is 6.53. The van der Waals surface area contributed by atoms with E-state index in [9.17, 15) is 4.79 Å². The summed E-state index contributed by atoms with van der Waals surface area (Å²) in [7, 11) is 0. The smallest absolute Gasteiger partial charge is 0.231 e. The van der Waals surface area contributed by atoms with Crippen LogP contribution in [0.1, 0.15) is 30.9 Å². The molecule has 0 heterocycles. The highest BCUT2D eigenvalue weighted by atomic mass is 35.5. The lowest BCUT2D eigenvalue weighted by Crippen LogP contribution is -2.34. The molecule has 1 rings (SSSR count). The number of hydrogen-bond donors (Lipinski definition) is 2. The molecule has 0 fully saturated rings. The van der Waals surface area contributed by atoms with Gasteiger partial charge in [0.1, 0.15) is 4.99 Å². The number of hydrogen-bond acceptors (Lipinski definition) is 3. The van der Waals surface area contributed by atoms with Crippen LogP contribution < -0.4 is 11.5 Å². The van der Waals surface area contributed by atoms with Crippen molar-refractivity contribution in [1.82, 2.24) is 4.90 Å². The first-order valence-corrected chi connectivity index (χ1v) is 7.31. The maximum atomic E-state index is 11.1. The topological polar surface area (TPSA) is 72.3 Å². The van der Waals surface area contributed by atoms with Crippen molar-refractivity contribution in [2.24, 2.45) is 11.5 Å². The molecule has 0 aromatic heterocycles. The number of unbranched alkanes of at least 4 members (excludes halogenated alkanes) is 1. The number of primary amides is 1. The summed E-state index contributed by atoms with van der Waals surface area (Å²) >= 11 is 11.1. The van der Waals surface area contributed by atoms with Crippen molar-refractivity contribution in [3.05, 3.63) is 34.3 Å². The maximum Gasteiger partial charge on any atom is 0.231 e. The second-order valence-electron chi connectivity index (χ2n) is 4.70. The summed E-state index contributed by atoms with van der Waals surface area (Å²) in [5.74, 6) is -0.336. The Kier molecular flexibility index (Phi) is 6.91. The van der Waals surface area contributed by atoms with Gasteiger partial charge in [-0.1, -0.05) is 49.3 Å². The molecule has 4 nitrogen and oxygen atoms in total. The van der Waals surface area contributed by atoms with E-state index in [0.29, 0.717) is 16.6 Å². The molecule has 1 amide bonds. The first kappa shape index (κ1) is 16.9. The first-order chi connectivity index (χ1) is 9.43. The van der Waals surface area contributed by atoms with Gasteiger partial charge in [-0.25, -0.2) is 0 Å². The van der Waals surface area contributed by atoms with Gasteiger partial charge in [0, 0.05) is 17.1 Å². The van der Waals surface area contributed by atoms with E-state index in [0.717, 1.165) is 30.5 Å². The number of nitrogens with zero attached hydrogens (tertiary/aromatic N) is 1. The molecular weight excluding hydrogens is 294 g/mol. The number of carbonyl (C=O) groups excluding carboxylic acids is 1. The molecule has 0 spiro atoms. The minimum atomic E-state index is -0.336. The van der Waals surface area contributed by atoms with Crippen molar-refractivity contribution in [3.63, 3.8) is 0 Å². The Morgan fingerprint density at radius 1 is 1.40 bits per heavy atom. The van der Waals surface area contributed by atoms with Gasteiger partial charge in [0.2, 0.25) is 5.91 Å². The van der Waals surface area contributed by atoms with E-state index >= 15 is 0 Å². The Morgan fingerprint density at radius 3 is 2.60 bits per heavy atom. The Hall–Kier alpha value is -1.17. The quantitative estimate of drug-likeness (QED) is 0.721. The van der Waals surface area contributed by atoms with Crippen molar-refractivity contribution in [3.8, 4) is 0 Å². The molecule has 0 saturated heterocycles. The number of halogens is 1. The van der Waals surface area contributed by atoms with Crippen LogP contribution in [-0.4, -0.2) is 28.9 Å². The van der Waals surface area contributed by atoms with E-state index in [4.69, 9.17) is 35.3 Å². The maximum absolute atomic E-state index is 11.1. The molecular formula is C14H20ClN3OS. The van der Waals surface area contributed by atoms with Crippen molar-refractivity contribution in [1.29, 1.82) is 0 Å². The molecule has 0 saturated carbocycles. The van der Waals surface area contributed by atoms with Crippen molar-refractivity contribution < 1.29 is 4.79 Å². The van der Waals surface area contributed by atoms with Crippen molar-refractivity contribution >= 4 is 34.7 Å². The summed E-state index contributed by atoms with van der Waals surface area (Å²) in [6.07, 6.45) is 2.07. The molecule has 0 aliphatic heterocycles. The average molecular weight is 314 g/mol. The highest BCUT2D eigenvalue weighted by Crippen LogP contribution is 2.20. The standard InChI is InChI=1S/C14H20ClN3OS/c1-2-3-6-18(9-13(16)19)8-11-5-4-10(14(17)20)7-12(11)15/h4-5,7H,2-3,6,8-9H2,1H3,(H2,16,19)(H2,17,20).